The van der Waals surface area contributed by atoms with E-state index in [1.807, 2.05) is 6.92 Å². The molecule has 1 unspecified atom stereocenters. The van der Waals surface area contributed by atoms with Crippen molar-refractivity contribution in [3.8, 4) is 0 Å². The van der Waals surface area contributed by atoms with Crippen molar-refractivity contribution in [1.29, 1.82) is 0 Å². The molecule has 0 aliphatic carbocycles. The minimum atomic E-state index is -2.46. The highest BCUT2D eigenvalue weighted by molar-refractivity contribution is 8.00. The Labute approximate surface area is 75.9 Å². The van der Waals surface area contributed by atoms with Crippen molar-refractivity contribution < 1.29 is 13.6 Å². The molecule has 0 aromatic heterocycles. The van der Waals surface area contributed by atoms with Gasteiger partial charge < -0.3 is 0 Å². The molecule has 0 aromatic rings. The SMILES string of the molecule is CCCCCC([C]=O)SC(F)F. The van der Waals surface area contributed by atoms with Crippen molar-refractivity contribution >= 4 is 18.0 Å². The summed E-state index contributed by atoms with van der Waals surface area (Å²) in [5.41, 5.74) is 0. The molecule has 71 valence electrons. The maximum Gasteiger partial charge on any atom is 0.285 e. The summed E-state index contributed by atoms with van der Waals surface area (Å²) in [6, 6.07) is 0. The maximum absolute atomic E-state index is 11.8. The Hall–Kier alpha value is -0.120. The van der Waals surface area contributed by atoms with Crippen molar-refractivity contribution in [1.82, 2.24) is 0 Å². The molecule has 1 radical (unpaired) electrons. The zero-order valence-electron chi connectivity index (χ0n) is 7.06. The van der Waals surface area contributed by atoms with Gasteiger partial charge in [0.25, 0.3) is 5.76 Å². The third-order valence-corrected chi connectivity index (χ3v) is 2.33. The van der Waals surface area contributed by atoms with Gasteiger partial charge in [-0.15, -0.1) is 0 Å². The number of rotatable bonds is 7. The number of unbranched alkanes of at least 4 members (excludes halogenated alkanes) is 2. The second-order valence-electron chi connectivity index (χ2n) is 2.50. The predicted molar refractivity (Wildman–Crippen MR) is 47.2 cm³/mol. The van der Waals surface area contributed by atoms with Crippen LogP contribution in [0, 0.1) is 0 Å². The number of hydrogen-bond donors (Lipinski definition) is 0. The zero-order chi connectivity index (χ0) is 9.40. The van der Waals surface area contributed by atoms with E-state index >= 15 is 0 Å². The summed E-state index contributed by atoms with van der Waals surface area (Å²) < 4.78 is 23.5. The van der Waals surface area contributed by atoms with E-state index < -0.39 is 11.0 Å². The summed E-state index contributed by atoms with van der Waals surface area (Å²) in [6.45, 7) is 2.03. The molecule has 0 saturated carbocycles. The van der Waals surface area contributed by atoms with Crippen molar-refractivity contribution in [3.63, 3.8) is 0 Å². The van der Waals surface area contributed by atoms with E-state index in [9.17, 15) is 13.6 Å². The van der Waals surface area contributed by atoms with Gasteiger partial charge in [0.2, 0.25) is 6.29 Å². The number of carbonyl (C=O) groups excluding carboxylic acids is 1. The average Bonchev–Trinajstić information content (AvgIpc) is 2.02. The summed E-state index contributed by atoms with van der Waals surface area (Å²) in [7, 11) is 0. The van der Waals surface area contributed by atoms with E-state index in [2.05, 4.69) is 0 Å². The van der Waals surface area contributed by atoms with E-state index in [0.717, 1.165) is 19.3 Å². The summed E-state index contributed by atoms with van der Waals surface area (Å²) in [4.78, 5) is 10.2. The first-order valence-corrected chi connectivity index (χ1v) is 4.96. The lowest BCUT2D eigenvalue weighted by atomic mass is 10.2. The first-order valence-electron chi connectivity index (χ1n) is 4.02. The van der Waals surface area contributed by atoms with Crippen molar-refractivity contribution in [2.24, 2.45) is 0 Å². The first-order chi connectivity index (χ1) is 5.70. The Balaban J connectivity index is 3.46. The van der Waals surface area contributed by atoms with Gasteiger partial charge in [0.15, 0.2) is 0 Å². The molecule has 4 heteroatoms. The molecule has 0 N–H and O–H groups in total. The highest BCUT2D eigenvalue weighted by Gasteiger charge is 2.14. The zero-order valence-corrected chi connectivity index (χ0v) is 7.87. The molecule has 12 heavy (non-hydrogen) atoms. The minimum Gasteiger partial charge on any atom is -0.290 e. The van der Waals surface area contributed by atoms with Gasteiger partial charge in [-0.25, -0.2) is 0 Å². The molecule has 1 atom stereocenters. The van der Waals surface area contributed by atoms with E-state index in [0.29, 0.717) is 18.2 Å². The normalized spacial score (nSPS) is 13.3. The van der Waals surface area contributed by atoms with Gasteiger partial charge in [-0.2, -0.15) is 8.78 Å². The largest absolute Gasteiger partial charge is 0.290 e. The molecule has 0 aliphatic rings. The van der Waals surface area contributed by atoms with Crippen LogP contribution < -0.4 is 0 Å². The van der Waals surface area contributed by atoms with Crippen LogP contribution in [0.4, 0.5) is 8.78 Å². The van der Waals surface area contributed by atoms with Crippen LogP contribution in [0.5, 0.6) is 0 Å². The Bertz CT molecular complexity index is 120. The van der Waals surface area contributed by atoms with Crippen LogP contribution in [0.15, 0.2) is 0 Å². The van der Waals surface area contributed by atoms with Crippen molar-refractivity contribution in [3.05, 3.63) is 0 Å². The monoisotopic (exact) mass is 195 g/mol. The van der Waals surface area contributed by atoms with Gasteiger partial charge in [0.05, 0.1) is 5.25 Å². The minimum absolute atomic E-state index is 0.393. The molecule has 1 nitrogen and oxygen atoms in total. The van der Waals surface area contributed by atoms with Crippen LogP contribution in [0.2, 0.25) is 0 Å². The Kier molecular flexibility index (Phi) is 7.45. The van der Waals surface area contributed by atoms with Gasteiger partial charge in [-0.3, -0.25) is 4.79 Å². The standard InChI is InChI=1S/C8H13F2OS/c1-2-3-4-5-7(6-11)12-8(9)10/h7-8H,2-5H2,1H3. The van der Waals surface area contributed by atoms with Gasteiger partial charge in [0.1, 0.15) is 0 Å². The summed E-state index contributed by atoms with van der Waals surface area (Å²) in [6.07, 6.45) is 5.00. The van der Waals surface area contributed by atoms with Crippen molar-refractivity contribution in [2.75, 3.05) is 0 Å². The van der Waals surface area contributed by atoms with Gasteiger partial charge in [-0.1, -0.05) is 37.9 Å². The van der Waals surface area contributed by atoms with Gasteiger partial charge in [0, 0.05) is 0 Å². The lowest BCUT2D eigenvalue weighted by Gasteiger charge is -2.06. The predicted octanol–water partition coefficient (Wildman–Crippen LogP) is 3.00. The fraction of sp³-hybridized carbons (Fsp3) is 0.875. The Morgan fingerprint density at radius 3 is 2.50 bits per heavy atom. The summed E-state index contributed by atoms with van der Waals surface area (Å²) in [5, 5.41) is -0.642. The average molecular weight is 195 g/mol. The Morgan fingerprint density at radius 2 is 2.08 bits per heavy atom. The molecule has 0 amide bonds. The van der Waals surface area contributed by atoms with Crippen molar-refractivity contribution in [2.45, 2.75) is 43.6 Å². The Morgan fingerprint density at radius 1 is 1.42 bits per heavy atom. The highest BCUT2D eigenvalue weighted by Crippen LogP contribution is 2.22. The molecule has 0 fully saturated rings. The maximum atomic E-state index is 11.8. The molecule has 0 aliphatic heterocycles. The quantitative estimate of drug-likeness (QED) is 0.581. The molecule has 0 heterocycles. The van der Waals surface area contributed by atoms with Crippen LogP contribution in [0.3, 0.4) is 0 Å². The van der Waals surface area contributed by atoms with Gasteiger partial charge in [-0.05, 0) is 6.42 Å². The van der Waals surface area contributed by atoms with Crippen LogP contribution in [-0.4, -0.2) is 17.3 Å². The van der Waals surface area contributed by atoms with Crippen LogP contribution >= 0.6 is 11.8 Å². The second kappa shape index (κ2) is 7.53. The third kappa shape index (κ3) is 6.58. The van der Waals surface area contributed by atoms with E-state index in [1.165, 1.54) is 0 Å². The topological polar surface area (TPSA) is 17.1 Å². The lowest BCUT2D eigenvalue weighted by molar-refractivity contribution is 0.251. The number of halogens is 2. The lowest BCUT2D eigenvalue weighted by Crippen LogP contribution is -2.06. The molecular formula is C8H13F2OS. The molecule has 0 saturated heterocycles. The molecule has 0 spiro atoms. The van der Waals surface area contributed by atoms with E-state index in [4.69, 9.17) is 0 Å². The molecular weight excluding hydrogens is 182 g/mol. The number of hydrogen-bond acceptors (Lipinski definition) is 2. The first kappa shape index (κ1) is 11.9. The van der Waals surface area contributed by atoms with E-state index in [1.54, 1.807) is 6.29 Å². The summed E-state index contributed by atoms with van der Waals surface area (Å²) in [5.74, 6) is -2.46. The third-order valence-electron chi connectivity index (χ3n) is 1.47. The van der Waals surface area contributed by atoms with Gasteiger partial charge >= 0.3 is 0 Å². The smallest absolute Gasteiger partial charge is 0.285 e. The molecule has 0 rings (SSSR count). The fourth-order valence-electron chi connectivity index (χ4n) is 0.859. The summed E-state index contributed by atoms with van der Waals surface area (Å²) >= 11 is 0.393. The van der Waals surface area contributed by atoms with Crippen LogP contribution in [-0.2, 0) is 4.79 Å². The fourth-order valence-corrected chi connectivity index (χ4v) is 1.47. The van der Waals surface area contributed by atoms with E-state index in [-0.39, 0.29) is 0 Å². The van der Waals surface area contributed by atoms with Crippen LogP contribution in [0.1, 0.15) is 32.6 Å². The second-order valence-corrected chi connectivity index (χ2v) is 3.70. The van der Waals surface area contributed by atoms with Crippen LogP contribution in [0.25, 0.3) is 0 Å². The number of alkyl halides is 2. The number of thioether (sulfide) groups is 1. The molecule has 0 aromatic carbocycles. The molecule has 0 bridgehead atoms. The highest BCUT2D eigenvalue weighted by atomic mass is 32.2.